The average Bonchev–Trinajstić information content (AvgIpc) is 2.38. The normalized spacial score (nSPS) is 11.1. The van der Waals surface area contributed by atoms with Crippen LogP contribution >= 0.6 is 11.6 Å². The molecule has 0 aliphatic rings. The summed E-state index contributed by atoms with van der Waals surface area (Å²) in [7, 11) is 3.87. The second-order valence-corrected chi connectivity index (χ2v) is 5.22. The molecule has 0 N–H and O–H groups in total. The van der Waals surface area contributed by atoms with Crippen LogP contribution in [0.2, 0.25) is 5.02 Å². The van der Waals surface area contributed by atoms with Crippen LogP contribution in [0, 0.1) is 20.8 Å². The molecule has 102 valence electrons. The monoisotopic (exact) mass is 269 g/mol. The van der Waals surface area contributed by atoms with Gasteiger partial charge in [-0.15, -0.1) is 0 Å². The second kappa shape index (κ2) is 6.44. The van der Waals surface area contributed by atoms with Crippen LogP contribution < -0.4 is 4.74 Å². The lowest BCUT2D eigenvalue weighted by molar-refractivity contribution is 0.351. The Balaban J connectivity index is 3.16. The van der Waals surface area contributed by atoms with Gasteiger partial charge in [0.1, 0.15) is 5.75 Å². The standard InChI is InChI=1S/C15H24ClNO/c1-7-17(5)9-8-13-12(4)14(16)10(2)11(3)15(13)18-6/h7-9H2,1-6H3. The Morgan fingerprint density at radius 1 is 1.11 bits per heavy atom. The van der Waals surface area contributed by atoms with E-state index in [0.29, 0.717) is 0 Å². The molecule has 0 heterocycles. The average molecular weight is 270 g/mol. The van der Waals surface area contributed by atoms with Gasteiger partial charge in [-0.3, -0.25) is 0 Å². The Morgan fingerprint density at radius 2 is 1.72 bits per heavy atom. The fourth-order valence-electron chi connectivity index (χ4n) is 2.18. The molecular weight excluding hydrogens is 246 g/mol. The van der Waals surface area contributed by atoms with E-state index in [0.717, 1.165) is 47.0 Å². The molecule has 2 nitrogen and oxygen atoms in total. The molecular formula is C15H24ClNO. The highest BCUT2D eigenvalue weighted by Crippen LogP contribution is 2.36. The summed E-state index contributed by atoms with van der Waals surface area (Å²) in [6.07, 6.45) is 0.972. The molecule has 0 saturated heterocycles. The summed E-state index contributed by atoms with van der Waals surface area (Å²) in [6.45, 7) is 10.4. The number of methoxy groups -OCH3 is 1. The largest absolute Gasteiger partial charge is 0.496 e. The van der Waals surface area contributed by atoms with Gasteiger partial charge in [0.05, 0.1) is 7.11 Å². The van der Waals surface area contributed by atoms with Crippen LogP contribution in [0.5, 0.6) is 5.75 Å². The van der Waals surface area contributed by atoms with Crippen molar-refractivity contribution in [1.82, 2.24) is 4.90 Å². The van der Waals surface area contributed by atoms with Crippen molar-refractivity contribution in [3.8, 4) is 5.75 Å². The number of nitrogens with zero attached hydrogens (tertiary/aromatic N) is 1. The summed E-state index contributed by atoms with van der Waals surface area (Å²) in [5.41, 5.74) is 4.67. The van der Waals surface area contributed by atoms with Crippen molar-refractivity contribution >= 4 is 11.6 Å². The minimum Gasteiger partial charge on any atom is -0.496 e. The van der Waals surface area contributed by atoms with Gasteiger partial charge in [0.2, 0.25) is 0 Å². The van der Waals surface area contributed by atoms with Crippen LogP contribution in [-0.2, 0) is 6.42 Å². The summed E-state index contributed by atoms with van der Waals surface area (Å²) >= 11 is 6.40. The summed E-state index contributed by atoms with van der Waals surface area (Å²) in [5.74, 6) is 0.999. The lowest BCUT2D eigenvalue weighted by atomic mass is 9.96. The Morgan fingerprint density at radius 3 is 2.22 bits per heavy atom. The molecule has 1 rings (SSSR count). The molecule has 0 bridgehead atoms. The van der Waals surface area contributed by atoms with Gasteiger partial charge in [-0.25, -0.2) is 0 Å². The minimum atomic E-state index is 0.877. The van der Waals surface area contributed by atoms with E-state index in [9.17, 15) is 0 Å². The third-order valence-corrected chi connectivity index (χ3v) is 4.34. The number of hydrogen-bond acceptors (Lipinski definition) is 2. The molecule has 0 aliphatic carbocycles. The van der Waals surface area contributed by atoms with Gasteiger partial charge in [-0.2, -0.15) is 0 Å². The fourth-order valence-corrected chi connectivity index (χ4v) is 2.44. The van der Waals surface area contributed by atoms with Crippen molar-refractivity contribution in [2.75, 3.05) is 27.2 Å². The zero-order valence-corrected chi connectivity index (χ0v) is 13.1. The predicted molar refractivity (Wildman–Crippen MR) is 79.1 cm³/mol. The fraction of sp³-hybridized carbons (Fsp3) is 0.600. The quantitative estimate of drug-likeness (QED) is 0.807. The Kier molecular flexibility index (Phi) is 5.48. The van der Waals surface area contributed by atoms with Gasteiger partial charge in [0.25, 0.3) is 0 Å². The highest BCUT2D eigenvalue weighted by molar-refractivity contribution is 6.32. The van der Waals surface area contributed by atoms with E-state index in [-0.39, 0.29) is 0 Å². The maximum Gasteiger partial charge on any atom is 0.125 e. The lowest BCUT2D eigenvalue weighted by Crippen LogP contribution is -2.21. The zero-order chi connectivity index (χ0) is 13.9. The molecule has 1 aromatic carbocycles. The van der Waals surface area contributed by atoms with Crippen LogP contribution in [0.1, 0.15) is 29.2 Å². The van der Waals surface area contributed by atoms with E-state index >= 15 is 0 Å². The van der Waals surface area contributed by atoms with E-state index in [1.165, 1.54) is 5.56 Å². The Hall–Kier alpha value is -0.730. The predicted octanol–water partition coefficient (Wildman–Crippen LogP) is 3.77. The smallest absolute Gasteiger partial charge is 0.125 e. The number of halogens is 1. The molecule has 0 aliphatic heterocycles. The highest BCUT2D eigenvalue weighted by Gasteiger charge is 2.16. The van der Waals surface area contributed by atoms with Gasteiger partial charge in [0, 0.05) is 17.1 Å². The van der Waals surface area contributed by atoms with E-state index in [4.69, 9.17) is 16.3 Å². The number of rotatable bonds is 5. The summed E-state index contributed by atoms with van der Waals surface area (Å²) < 4.78 is 5.58. The van der Waals surface area contributed by atoms with Gasteiger partial charge >= 0.3 is 0 Å². The van der Waals surface area contributed by atoms with Crippen molar-refractivity contribution in [3.63, 3.8) is 0 Å². The van der Waals surface area contributed by atoms with Crippen molar-refractivity contribution in [2.45, 2.75) is 34.1 Å². The molecule has 1 aromatic rings. The molecule has 0 saturated carbocycles. The van der Waals surface area contributed by atoms with Crippen molar-refractivity contribution in [2.24, 2.45) is 0 Å². The second-order valence-electron chi connectivity index (χ2n) is 4.85. The molecule has 0 aromatic heterocycles. The SMILES string of the molecule is CCN(C)CCc1c(C)c(Cl)c(C)c(C)c1OC. The van der Waals surface area contributed by atoms with Crippen molar-refractivity contribution < 1.29 is 4.74 Å². The van der Waals surface area contributed by atoms with Crippen LogP contribution in [0.3, 0.4) is 0 Å². The first-order valence-corrected chi connectivity index (χ1v) is 6.82. The number of hydrogen-bond donors (Lipinski definition) is 0. The third-order valence-electron chi connectivity index (χ3n) is 3.78. The molecule has 0 atom stereocenters. The van der Waals surface area contributed by atoms with Gasteiger partial charge in [-0.05, 0) is 57.5 Å². The Labute approximate surface area is 116 Å². The van der Waals surface area contributed by atoms with E-state index in [2.05, 4.69) is 39.6 Å². The number of benzene rings is 1. The van der Waals surface area contributed by atoms with Crippen LogP contribution in [0.25, 0.3) is 0 Å². The molecule has 3 heteroatoms. The van der Waals surface area contributed by atoms with Crippen LogP contribution in [0.15, 0.2) is 0 Å². The summed E-state index contributed by atoms with van der Waals surface area (Å²) in [4.78, 5) is 2.29. The van der Waals surface area contributed by atoms with E-state index in [1.807, 2.05) is 0 Å². The molecule has 0 fully saturated rings. The zero-order valence-electron chi connectivity index (χ0n) is 12.4. The third kappa shape index (κ3) is 2.99. The van der Waals surface area contributed by atoms with E-state index < -0.39 is 0 Å². The summed E-state index contributed by atoms with van der Waals surface area (Å²) in [5, 5.41) is 0.877. The summed E-state index contributed by atoms with van der Waals surface area (Å²) in [6, 6.07) is 0. The van der Waals surface area contributed by atoms with Gasteiger partial charge in [0.15, 0.2) is 0 Å². The number of likely N-dealkylation sites (N-methyl/N-ethyl adjacent to an activating group) is 1. The molecule has 0 amide bonds. The Bertz CT molecular complexity index is 429. The maximum atomic E-state index is 6.40. The van der Waals surface area contributed by atoms with Crippen LogP contribution in [-0.4, -0.2) is 32.1 Å². The molecule has 0 spiro atoms. The first-order chi connectivity index (χ1) is 8.43. The minimum absolute atomic E-state index is 0.877. The van der Waals surface area contributed by atoms with Crippen LogP contribution in [0.4, 0.5) is 0 Å². The topological polar surface area (TPSA) is 12.5 Å². The molecule has 0 radical (unpaired) electrons. The first kappa shape index (κ1) is 15.3. The van der Waals surface area contributed by atoms with Gasteiger partial charge in [-0.1, -0.05) is 18.5 Å². The van der Waals surface area contributed by atoms with Crippen molar-refractivity contribution in [1.29, 1.82) is 0 Å². The highest BCUT2D eigenvalue weighted by atomic mass is 35.5. The molecule has 18 heavy (non-hydrogen) atoms. The molecule has 0 unspecified atom stereocenters. The number of ether oxygens (including phenoxy) is 1. The lowest BCUT2D eigenvalue weighted by Gasteiger charge is -2.20. The van der Waals surface area contributed by atoms with E-state index in [1.54, 1.807) is 7.11 Å². The van der Waals surface area contributed by atoms with Gasteiger partial charge < -0.3 is 9.64 Å². The maximum absolute atomic E-state index is 6.40. The van der Waals surface area contributed by atoms with Crippen molar-refractivity contribution in [3.05, 3.63) is 27.3 Å². The first-order valence-electron chi connectivity index (χ1n) is 6.44.